The molecular formula is C17H34O6. The summed E-state index contributed by atoms with van der Waals surface area (Å²) in [6, 6.07) is 0. The van der Waals surface area contributed by atoms with Crippen LogP contribution in [-0.4, -0.2) is 64.3 Å². The maximum atomic E-state index is 9.82. The van der Waals surface area contributed by atoms with Crippen molar-refractivity contribution >= 4 is 0 Å². The molecule has 0 amide bonds. The van der Waals surface area contributed by atoms with Crippen LogP contribution in [0, 0.1) is 0 Å². The van der Waals surface area contributed by atoms with Gasteiger partial charge in [0.2, 0.25) is 0 Å². The van der Waals surface area contributed by atoms with E-state index in [0.29, 0.717) is 6.61 Å². The maximum absolute atomic E-state index is 9.82. The zero-order valence-electron chi connectivity index (χ0n) is 14.3. The van der Waals surface area contributed by atoms with Gasteiger partial charge in [0, 0.05) is 6.61 Å². The van der Waals surface area contributed by atoms with E-state index >= 15 is 0 Å². The van der Waals surface area contributed by atoms with Gasteiger partial charge in [-0.3, -0.25) is 0 Å². The largest absolute Gasteiger partial charge is 0.394 e. The third-order valence-corrected chi connectivity index (χ3v) is 4.38. The van der Waals surface area contributed by atoms with E-state index in [1.165, 1.54) is 44.9 Å². The molecule has 1 saturated heterocycles. The van der Waals surface area contributed by atoms with E-state index in [9.17, 15) is 15.3 Å². The summed E-state index contributed by atoms with van der Waals surface area (Å²) in [4.78, 5) is 0. The Hall–Kier alpha value is -0.240. The molecule has 3 unspecified atom stereocenters. The van der Waals surface area contributed by atoms with Crippen LogP contribution >= 0.6 is 0 Å². The highest BCUT2D eigenvalue weighted by Crippen LogP contribution is 2.22. The number of ether oxygens (including phenoxy) is 2. The van der Waals surface area contributed by atoms with Gasteiger partial charge in [-0.05, 0) is 6.42 Å². The number of hydrogen-bond donors (Lipinski definition) is 4. The maximum Gasteiger partial charge on any atom is 0.186 e. The first-order valence-electron chi connectivity index (χ1n) is 9.04. The normalized spacial score (nSPS) is 31.4. The molecule has 0 aromatic rings. The van der Waals surface area contributed by atoms with Crippen molar-refractivity contribution in [3.05, 3.63) is 0 Å². The van der Waals surface area contributed by atoms with Gasteiger partial charge in [0.05, 0.1) is 6.61 Å². The number of hydrogen-bond acceptors (Lipinski definition) is 6. The van der Waals surface area contributed by atoms with E-state index in [1.54, 1.807) is 0 Å². The third-order valence-electron chi connectivity index (χ3n) is 4.38. The van der Waals surface area contributed by atoms with Crippen LogP contribution in [0.4, 0.5) is 0 Å². The lowest BCUT2D eigenvalue weighted by molar-refractivity contribution is -0.301. The molecule has 6 heteroatoms. The molecule has 0 aliphatic carbocycles. The van der Waals surface area contributed by atoms with Gasteiger partial charge in [-0.25, -0.2) is 0 Å². The zero-order chi connectivity index (χ0) is 17.1. The van der Waals surface area contributed by atoms with Crippen molar-refractivity contribution in [3.63, 3.8) is 0 Å². The molecule has 0 radical (unpaired) electrons. The van der Waals surface area contributed by atoms with Crippen LogP contribution in [0.15, 0.2) is 0 Å². The molecule has 4 N–H and O–H groups in total. The van der Waals surface area contributed by atoms with Crippen molar-refractivity contribution in [2.75, 3.05) is 13.2 Å². The lowest BCUT2D eigenvalue weighted by atomic mass is 9.99. The van der Waals surface area contributed by atoms with Crippen LogP contribution < -0.4 is 0 Å². The van der Waals surface area contributed by atoms with Gasteiger partial charge in [-0.2, -0.15) is 0 Å². The van der Waals surface area contributed by atoms with Crippen molar-refractivity contribution < 1.29 is 29.9 Å². The van der Waals surface area contributed by atoms with Crippen molar-refractivity contribution in [1.29, 1.82) is 0 Å². The molecule has 0 bridgehead atoms. The van der Waals surface area contributed by atoms with Crippen molar-refractivity contribution in [1.82, 2.24) is 0 Å². The predicted molar refractivity (Wildman–Crippen MR) is 86.9 cm³/mol. The van der Waals surface area contributed by atoms with Gasteiger partial charge in [0.25, 0.3) is 0 Å². The van der Waals surface area contributed by atoms with E-state index in [-0.39, 0.29) is 0 Å². The Kier molecular flexibility index (Phi) is 11.0. The van der Waals surface area contributed by atoms with Gasteiger partial charge >= 0.3 is 0 Å². The minimum Gasteiger partial charge on any atom is -0.394 e. The van der Waals surface area contributed by atoms with Crippen molar-refractivity contribution in [2.45, 2.75) is 95.4 Å². The lowest BCUT2D eigenvalue weighted by Gasteiger charge is -2.39. The topological polar surface area (TPSA) is 99.4 Å². The highest BCUT2D eigenvalue weighted by atomic mass is 16.7. The Morgan fingerprint density at radius 3 is 1.91 bits per heavy atom. The molecular weight excluding hydrogens is 300 g/mol. The highest BCUT2D eigenvalue weighted by molar-refractivity contribution is 4.88. The van der Waals surface area contributed by atoms with Gasteiger partial charge in [0.1, 0.15) is 24.4 Å². The molecule has 0 spiro atoms. The van der Waals surface area contributed by atoms with Gasteiger partial charge in [0.15, 0.2) is 6.29 Å². The summed E-state index contributed by atoms with van der Waals surface area (Å²) in [6.07, 6.45) is 4.97. The lowest BCUT2D eigenvalue weighted by Crippen LogP contribution is -2.59. The Morgan fingerprint density at radius 1 is 0.783 bits per heavy atom. The standard InChI is InChI=1S/C17H34O6/c1-2-3-4-5-6-7-8-9-10-11-22-17-16(21)15(20)14(19)13(12-18)23-17/h13-21H,2-12H2,1H3/t13?,14-,15?,16?,17-/m1/s1. The molecule has 23 heavy (non-hydrogen) atoms. The molecule has 5 atom stereocenters. The third kappa shape index (κ3) is 7.45. The van der Waals surface area contributed by atoms with Gasteiger partial charge in [-0.15, -0.1) is 0 Å². The van der Waals surface area contributed by atoms with Crippen LogP contribution in [0.1, 0.15) is 64.7 Å². The second-order valence-corrected chi connectivity index (χ2v) is 6.40. The highest BCUT2D eigenvalue weighted by Gasteiger charge is 2.43. The first-order valence-corrected chi connectivity index (χ1v) is 9.04. The second-order valence-electron chi connectivity index (χ2n) is 6.40. The molecule has 1 aliphatic rings. The molecule has 6 nitrogen and oxygen atoms in total. The molecule has 138 valence electrons. The summed E-state index contributed by atoms with van der Waals surface area (Å²) >= 11 is 0. The van der Waals surface area contributed by atoms with Crippen LogP contribution in [0.2, 0.25) is 0 Å². The molecule has 1 heterocycles. The number of aliphatic hydroxyl groups is 4. The molecule has 0 aromatic carbocycles. The number of aliphatic hydroxyl groups excluding tert-OH is 4. The second kappa shape index (κ2) is 12.2. The Balaban J connectivity index is 2.06. The van der Waals surface area contributed by atoms with E-state index in [2.05, 4.69) is 6.92 Å². The quantitative estimate of drug-likeness (QED) is 0.402. The Morgan fingerprint density at radius 2 is 1.35 bits per heavy atom. The van der Waals surface area contributed by atoms with E-state index in [4.69, 9.17) is 14.6 Å². The Labute approximate surface area is 139 Å². The van der Waals surface area contributed by atoms with E-state index in [1.807, 2.05) is 0 Å². The predicted octanol–water partition coefficient (Wildman–Crippen LogP) is 1.33. The van der Waals surface area contributed by atoms with Crippen LogP contribution in [0.5, 0.6) is 0 Å². The average molecular weight is 334 g/mol. The van der Waals surface area contributed by atoms with Crippen molar-refractivity contribution in [2.24, 2.45) is 0 Å². The smallest absolute Gasteiger partial charge is 0.186 e. The molecule has 1 fully saturated rings. The molecule has 0 saturated carbocycles. The first kappa shape index (κ1) is 20.8. The minimum atomic E-state index is -1.37. The average Bonchev–Trinajstić information content (AvgIpc) is 2.56. The zero-order valence-corrected chi connectivity index (χ0v) is 14.3. The molecule has 1 rings (SSSR count). The Bertz CT molecular complexity index is 286. The fraction of sp³-hybridized carbons (Fsp3) is 1.00. The minimum absolute atomic E-state index is 0.428. The van der Waals surface area contributed by atoms with Crippen LogP contribution in [0.3, 0.4) is 0 Å². The molecule has 0 aromatic heterocycles. The van der Waals surface area contributed by atoms with Crippen LogP contribution in [-0.2, 0) is 9.47 Å². The SMILES string of the molecule is CCCCCCCCCCCO[C@@H]1OC(CO)[C@@H](O)C(O)C1O. The van der Waals surface area contributed by atoms with E-state index in [0.717, 1.165) is 12.8 Å². The fourth-order valence-corrected chi connectivity index (χ4v) is 2.82. The number of unbranched alkanes of at least 4 members (excludes halogenated alkanes) is 8. The first-order chi connectivity index (χ1) is 11.1. The van der Waals surface area contributed by atoms with Crippen LogP contribution in [0.25, 0.3) is 0 Å². The summed E-state index contributed by atoms with van der Waals surface area (Å²) < 4.78 is 10.7. The summed E-state index contributed by atoms with van der Waals surface area (Å²) in [5.74, 6) is 0. The fourth-order valence-electron chi connectivity index (χ4n) is 2.82. The van der Waals surface area contributed by atoms with Crippen molar-refractivity contribution in [3.8, 4) is 0 Å². The number of rotatable bonds is 12. The van der Waals surface area contributed by atoms with E-state index < -0.39 is 37.3 Å². The summed E-state index contributed by atoms with van der Waals surface area (Å²) in [6.45, 7) is 2.22. The summed E-state index contributed by atoms with van der Waals surface area (Å²) in [7, 11) is 0. The monoisotopic (exact) mass is 334 g/mol. The summed E-state index contributed by atoms with van der Waals surface area (Å²) in [5, 5.41) is 38.2. The van der Waals surface area contributed by atoms with Gasteiger partial charge in [-0.1, -0.05) is 58.3 Å². The summed E-state index contributed by atoms with van der Waals surface area (Å²) in [5.41, 5.74) is 0. The van der Waals surface area contributed by atoms with Gasteiger partial charge < -0.3 is 29.9 Å². The molecule has 1 aliphatic heterocycles.